The Labute approximate surface area is 104 Å². The van der Waals surface area contributed by atoms with E-state index in [1.807, 2.05) is 18.2 Å². The van der Waals surface area contributed by atoms with E-state index in [1.54, 1.807) is 6.07 Å². The third-order valence-corrected chi connectivity index (χ3v) is 3.02. The molecular weight excluding hydrogens is 230 g/mol. The van der Waals surface area contributed by atoms with E-state index >= 15 is 0 Å². The standard InChI is InChI=1S/C13H13N3O2/c17-13(15-12-6-8-18-16-12)10-3-1-5-11-9(10)4-2-7-14-11/h1,3,5-6,8,14H,2,4,7H2,(H,15,16,17). The first-order valence-corrected chi connectivity index (χ1v) is 5.92. The molecule has 0 spiro atoms. The van der Waals surface area contributed by atoms with Crippen molar-refractivity contribution >= 4 is 17.4 Å². The van der Waals surface area contributed by atoms with Crippen LogP contribution in [0, 0.1) is 0 Å². The van der Waals surface area contributed by atoms with E-state index in [0.29, 0.717) is 11.4 Å². The lowest BCUT2D eigenvalue weighted by Crippen LogP contribution is -2.19. The van der Waals surface area contributed by atoms with Gasteiger partial charge in [0, 0.05) is 23.9 Å². The summed E-state index contributed by atoms with van der Waals surface area (Å²) in [5.74, 6) is 0.283. The normalized spacial score (nSPS) is 13.6. The number of hydrogen-bond acceptors (Lipinski definition) is 4. The lowest BCUT2D eigenvalue weighted by molar-refractivity contribution is 0.102. The number of fused-ring (bicyclic) bond motifs is 1. The Bertz CT molecular complexity index is 564. The summed E-state index contributed by atoms with van der Waals surface area (Å²) in [6.45, 7) is 0.960. The van der Waals surface area contributed by atoms with Gasteiger partial charge >= 0.3 is 0 Å². The second kappa shape index (κ2) is 4.52. The lowest BCUT2D eigenvalue weighted by Gasteiger charge is -2.20. The van der Waals surface area contributed by atoms with Crippen LogP contribution in [0.25, 0.3) is 0 Å². The molecule has 2 aromatic rings. The topological polar surface area (TPSA) is 67.2 Å². The number of nitrogens with one attached hydrogen (secondary N) is 2. The molecule has 18 heavy (non-hydrogen) atoms. The Morgan fingerprint density at radius 3 is 3.17 bits per heavy atom. The second-order valence-corrected chi connectivity index (χ2v) is 4.20. The fourth-order valence-corrected chi connectivity index (χ4v) is 2.18. The van der Waals surface area contributed by atoms with E-state index in [1.165, 1.54) is 6.26 Å². The van der Waals surface area contributed by atoms with E-state index in [9.17, 15) is 4.79 Å². The Hall–Kier alpha value is -2.30. The van der Waals surface area contributed by atoms with E-state index in [4.69, 9.17) is 0 Å². The summed E-state index contributed by atoms with van der Waals surface area (Å²) in [5.41, 5.74) is 2.82. The monoisotopic (exact) mass is 243 g/mol. The molecule has 0 bridgehead atoms. The molecule has 3 rings (SSSR count). The number of carbonyl (C=O) groups excluding carboxylic acids is 1. The Kier molecular flexibility index (Phi) is 2.72. The predicted octanol–water partition coefficient (Wildman–Crippen LogP) is 2.28. The van der Waals surface area contributed by atoms with Gasteiger partial charge in [-0.2, -0.15) is 0 Å². The number of carbonyl (C=O) groups is 1. The average Bonchev–Trinajstić information content (AvgIpc) is 2.91. The van der Waals surface area contributed by atoms with Crippen LogP contribution in [0.5, 0.6) is 0 Å². The van der Waals surface area contributed by atoms with Crippen LogP contribution in [0.3, 0.4) is 0 Å². The van der Waals surface area contributed by atoms with Crippen LogP contribution in [0.4, 0.5) is 11.5 Å². The first-order valence-electron chi connectivity index (χ1n) is 5.92. The van der Waals surface area contributed by atoms with Crippen molar-refractivity contribution in [2.75, 3.05) is 17.2 Å². The van der Waals surface area contributed by atoms with Crippen LogP contribution in [-0.2, 0) is 6.42 Å². The molecule has 0 aliphatic carbocycles. The minimum Gasteiger partial charge on any atom is -0.385 e. The molecule has 0 unspecified atom stereocenters. The molecule has 1 amide bonds. The van der Waals surface area contributed by atoms with Crippen molar-refractivity contribution in [2.24, 2.45) is 0 Å². The molecule has 1 aromatic carbocycles. The molecule has 0 atom stereocenters. The van der Waals surface area contributed by atoms with Crippen LogP contribution >= 0.6 is 0 Å². The largest absolute Gasteiger partial charge is 0.385 e. The number of rotatable bonds is 2. The smallest absolute Gasteiger partial charge is 0.257 e. The van der Waals surface area contributed by atoms with Gasteiger partial charge in [0.2, 0.25) is 0 Å². The number of amides is 1. The van der Waals surface area contributed by atoms with Crippen LogP contribution in [0.15, 0.2) is 35.1 Å². The molecular formula is C13H13N3O2. The first kappa shape index (κ1) is 10.8. The summed E-state index contributed by atoms with van der Waals surface area (Å²) in [6.07, 6.45) is 3.39. The first-order chi connectivity index (χ1) is 8.84. The fraction of sp³-hybridized carbons (Fsp3) is 0.231. The van der Waals surface area contributed by atoms with Crippen LogP contribution in [0.1, 0.15) is 22.3 Å². The van der Waals surface area contributed by atoms with Gasteiger partial charge in [0.1, 0.15) is 6.26 Å². The highest BCUT2D eigenvalue weighted by molar-refractivity contribution is 6.05. The van der Waals surface area contributed by atoms with Crippen molar-refractivity contribution in [3.63, 3.8) is 0 Å². The molecule has 2 heterocycles. The van der Waals surface area contributed by atoms with Gasteiger partial charge in [0.25, 0.3) is 5.91 Å². The van der Waals surface area contributed by atoms with E-state index in [2.05, 4.69) is 20.3 Å². The highest BCUT2D eigenvalue weighted by atomic mass is 16.5. The average molecular weight is 243 g/mol. The quantitative estimate of drug-likeness (QED) is 0.849. The van der Waals surface area contributed by atoms with Crippen LogP contribution in [0.2, 0.25) is 0 Å². The van der Waals surface area contributed by atoms with E-state index in [-0.39, 0.29) is 5.91 Å². The van der Waals surface area contributed by atoms with Crippen molar-refractivity contribution in [2.45, 2.75) is 12.8 Å². The van der Waals surface area contributed by atoms with Gasteiger partial charge < -0.3 is 15.2 Å². The van der Waals surface area contributed by atoms with E-state index in [0.717, 1.165) is 30.6 Å². The number of benzene rings is 1. The molecule has 0 radical (unpaired) electrons. The van der Waals surface area contributed by atoms with Gasteiger partial charge in [0.05, 0.1) is 0 Å². The Morgan fingerprint density at radius 1 is 1.39 bits per heavy atom. The third kappa shape index (κ3) is 1.95. The maximum Gasteiger partial charge on any atom is 0.257 e. The lowest BCUT2D eigenvalue weighted by atomic mass is 9.97. The third-order valence-electron chi connectivity index (χ3n) is 3.02. The SMILES string of the molecule is O=C(Nc1ccon1)c1cccc2c1CCCN2. The second-order valence-electron chi connectivity index (χ2n) is 4.20. The van der Waals surface area contributed by atoms with Gasteiger partial charge in [-0.15, -0.1) is 0 Å². The highest BCUT2D eigenvalue weighted by Gasteiger charge is 2.17. The summed E-state index contributed by atoms with van der Waals surface area (Å²) in [7, 11) is 0. The van der Waals surface area contributed by atoms with Crippen molar-refractivity contribution in [3.05, 3.63) is 41.7 Å². The van der Waals surface area contributed by atoms with Crippen molar-refractivity contribution < 1.29 is 9.32 Å². The number of aromatic nitrogens is 1. The Balaban J connectivity index is 1.89. The van der Waals surface area contributed by atoms with Crippen molar-refractivity contribution in [3.8, 4) is 0 Å². The zero-order chi connectivity index (χ0) is 12.4. The summed E-state index contributed by atoms with van der Waals surface area (Å²) in [6, 6.07) is 7.34. The van der Waals surface area contributed by atoms with Crippen molar-refractivity contribution in [1.82, 2.24) is 5.16 Å². The van der Waals surface area contributed by atoms with Crippen LogP contribution in [-0.4, -0.2) is 17.6 Å². The maximum atomic E-state index is 12.2. The molecule has 1 aliphatic heterocycles. The number of anilines is 2. The fourth-order valence-electron chi connectivity index (χ4n) is 2.18. The molecule has 1 aliphatic rings. The minimum atomic E-state index is -0.149. The summed E-state index contributed by atoms with van der Waals surface area (Å²) in [4.78, 5) is 12.2. The van der Waals surface area contributed by atoms with Gasteiger partial charge in [-0.3, -0.25) is 4.79 Å². The molecule has 92 valence electrons. The maximum absolute atomic E-state index is 12.2. The highest BCUT2D eigenvalue weighted by Crippen LogP contribution is 2.25. The van der Waals surface area contributed by atoms with Crippen molar-refractivity contribution in [1.29, 1.82) is 0 Å². The summed E-state index contributed by atoms with van der Waals surface area (Å²) < 4.78 is 4.69. The van der Waals surface area contributed by atoms with Gasteiger partial charge in [-0.25, -0.2) is 0 Å². The van der Waals surface area contributed by atoms with Crippen LogP contribution < -0.4 is 10.6 Å². The Morgan fingerprint density at radius 2 is 2.33 bits per heavy atom. The number of nitrogens with zero attached hydrogens (tertiary/aromatic N) is 1. The minimum absolute atomic E-state index is 0.149. The molecule has 0 fully saturated rings. The molecule has 5 nitrogen and oxygen atoms in total. The molecule has 0 saturated carbocycles. The molecule has 1 aromatic heterocycles. The van der Waals surface area contributed by atoms with E-state index < -0.39 is 0 Å². The predicted molar refractivity (Wildman–Crippen MR) is 67.7 cm³/mol. The molecule has 2 N–H and O–H groups in total. The van der Waals surface area contributed by atoms with Gasteiger partial charge in [0.15, 0.2) is 5.82 Å². The zero-order valence-electron chi connectivity index (χ0n) is 9.77. The number of hydrogen-bond donors (Lipinski definition) is 2. The van der Waals surface area contributed by atoms with Gasteiger partial charge in [-0.05, 0) is 30.5 Å². The molecule has 5 heteroatoms. The molecule has 0 saturated heterocycles. The zero-order valence-corrected chi connectivity index (χ0v) is 9.77. The summed E-state index contributed by atoms with van der Waals surface area (Å²) >= 11 is 0. The van der Waals surface area contributed by atoms with Gasteiger partial charge in [-0.1, -0.05) is 11.2 Å². The summed E-state index contributed by atoms with van der Waals surface area (Å²) in [5, 5.41) is 9.69.